The fourth-order valence-electron chi connectivity index (χ4n) is 3.57. The van der Waals surface area contributed by atoms with E-state index < -0.39 is 22.5 Å². The first kappa shape index (κ1) is 21.9. The molecule has 7 heteroatoms. The molecule has 3 aromatic carbocycles. The fraction of sp³-hybridized carbons (Fsp3) is 0.200. The first-order valence-corrected chi connectivity index (χ1v) is 11.6. The number of carbonyl (C=O) groups excluding carboxylic acids is 2. The molecule has 1 heterocycles. The molecule has 2 atom stereocenters. The summed E-state index contributed by atoms with van der Waals surface area (Å²) in [4.78, 5) is 28.5. The second kappa shape index (κ2) is 9.04. The quantitative estimate of drug-likeness (QED) is 0.614. The lowest BCUT2D eigenvalue weighted by Gasteiger charge is -2.24. The molecule has 0 bridgehead atoms. The van der Waals surface area contributed by atoms with Crippen LogP contribution < -0.4 is 10.2 Å². The van der Waals surface area contributed by atoms with Gasteiger partial charge in [-0.25, -0.2) is 8.60 Å². The van der Waals surface area contributed by atoms with Gasteiger partial charge in [0.1, 0.15) is 5.82 Å². The zero-order valence-electron chi connectivity index (χ0n) is 17.8. The van der Waals surface area contributed by atoms with E-state index in [9.17, 15) is 18.2 Å². The van der Waals surface area contributed by atoms with Crippen LogP contribution in [-0.4, -0.2) is 22.1 Å². The highest BCUT2D eigenvalue weighted by Crippen LogP contribution is 2.36. The highest BCUT2D eigenvalue weighted by atomic mass is 32.2. The van der Waals surface area contributed by atoms with Crippen LogP contribution in [0.15, 0.2) is 76.5 Å². The minimum absolute atomic E-state index is 0.0177. The van der Waals surface area contributed by atoms with E-state index in [1.54, 1.807) is 60.7 Å². The van der Waals surface area contributed by atoms with E-state index >= 15 is 0 Å². The van der Waals surface area contributed by atoms with E-state index in [2.05, 4.69) is 5.32 Å². The van der Waals surface area contributed by atoms with Crippen molar-refractivity contribution < 1.29 is 18.2 Å². The van der Waals surface area contributed by atoms with Crippen LogP contribution >= 0.6 is 0 Å². The zero-order valence-corrected chi connectivity index (χ0v) is 18.6. The number of fused-ring (bicyclic) bond motifs is 2. The Morgan fingerprint density at radius 3 is 2.53 bits per heavy atom. The highest BCUT2D eigenvalue weighted by molar-refractivity contribution is 7.85. The Morgan fingerprint density at radius 2 is 1.78 bits per heavy atom. The van der Waals surface area contributed by atoms with E-state index in [-0.39, 0.29) is 18.5 Å². The third kappa shape index (κ3) is 4.08. The summed E-state index contributed by atoms with van der Waals surface area (Å²) in [6.45, 7) is 3.82. The number of hydrogen-bond acceptors (Lipinski definition) is 3. The monoisotopic (exact) mass is 450 g/mol. The molecule has 0 fully saturated rings. The average molecular weight is 451 g/mol. The molecule has 0 unspecified atom stereocenters. The average Bonchev–Trinajstić information content (AvgIpc) is 2.89. The van der Waals surface area contributed by atoms with Gasteiger partial charge in [0.15, 0.2) is 0 Å². The number of rotatable bonds is 5. The van der Waals surface area contributed by atoms with Crippen molar-refractivity contribution in [2.45, 2.75) is 42.6 Å². The summed E-state index contributed by atoms with van der Waals surface area (Å²) in [5, 5.41) is 2.90. The minimum atomic E-state index is -1.63. The van der Waals surface area contributed by atoms with Crippen LogP contribution in [0.3, 0.4) is 0 Å². The van der Waals surface area contributed by atoms with Crippen molar-refractivity contribution in [3.05, 3.63) is 89.2 Å². The maximum absolute atomic E-state index is 14.4. The van der Waals surface area contributed by atoms with Crippen LogP contribution in [0, 0.1) is 5.82 Å². The van der Waals surface area contributed by atoms with Crippen LogP contribution in [-0.2, 0) is 17.3 Å². The van der Waals surface area contributed by atoms with Gasteiger partial charge in [-0.15, -0.1) is 0 Å². The summed E-state index contributed by atoms with van der Waals surface area (Å²) in [5.74, 6) is -1.12. The number of carbonyl (C=O) groups is 2. The van der Waals surface area contributed by atoms with E-state index in [0.717, 1.165) is 6.42 Å². The van der Waals surface area contributed by atoms with Crippen molar-refractivity contribution >= 4 is 28.3 Å². The minimum Gasteiger partial charge on any atom is -0.350 e. The van der Waals surface area contributed by atoms with Crippen LogP contribution in [0.2, 0.25) is 0 Å². The molecule has 4 rings (SSSR count). The SMILES string of the molecule is CC[C@H](C)NC(=O)c1ccc2c(c1)N(Cc1ccccc1F)C(=O)c1ccccc1[S@]2=O. The number of nitrogens with one attached hydrogen (secondary N) is 1. The molecule has 0 saturated heterocycles. The summed E-state index contributed by atoms with van der Waals surface area (Å²) in [6.07, 6.45) is 0.772. The van der Waals surface area contributed by atoms with Crippen LogP contribution in [0.5, 0.6) is 0 Å². The van der Waals surface area contributed by atoms with Crippen molar-refractivity contribution in [1.29, 1.82) is 0 Å². The van der Waals surface area contributed by atoms with E-state index in [1.165, 1.54) is 11.0 Å². The summed E-state index contributed by atoms with van der Waals surface area (Å²) in [5.41, 5.74) is 1.30. The first-order chi connectivity index (χ1) is 15.4. The number of nitrogens with zero attached hydrogens (tertiary/aromatic N) is 1. The molecule has 1 aliphatic rings. The van der Waals surface area contributed by atoms with Crippen molar-refractivity contribution in [3.8, 4) is 0 Å². The van der Waals surface area contributed by atoms with E-state index in [4.69, 9.17) is 0 Å². The summed E-state index contributed by atoms with van der Waals surface area (Å²) < 4.78 is 27.9. The van der Waals surface area contributed by atoms with Gasteiger partial charge >= 0.3 is 0 Å². The largest absolute Gasteiger partial charge is 0.350 e. The normalized spacial score (nSPS) is 16.0. The second-order valence-corrected chi connectivity index (χ2v) is 9.13. The van der Waals surface area contributed by atoms with Crippen molar-refractivity contribution in [1.82, 2.24) is 5.32 Å². The predicted octanol–water partition coefficient (Wildman–Crippen LogP) is 4.68. The lowest BCUT2D eigenvalue weighted by atomic mass is 10.1. The Labute approximate surface area is 188 Å². The first-order valence-electron chi connectivity index (χ1n) is 10.4. The molecule has 1 N–H and O–H groups in total. The number of amides is 2. The molecule has 1 aliphatic heterocycles. The van der Waals surface area contributed by atoms with Gasteiger partial charge in [0.2, 0.25) is 0 Å². The third-order valence-corrected chi connectivity index (χ3v) is 7.05. The topological polar surface area (TPSA) is 66.5 Å². The van der Waals surface area contributed by atoms with Gasteiger partial charge in [0, 0.05) is 17.2 Å². The molecule has 0 spiro atoms. The van der Waals surface area contributed by atoms with Crippen LogP contribution in [0.4, 0.5) is 10.1 Å². The van der Waals surface area contributed by atoms with Crippen LogP contribution in [0.25, 0.3) is 0 Å². The number of halogens is 1. The van der Waals surface area contributed by atoms with Crippen molar-refractivity contribution in [2.75, 3.05) is 4.90 Å². The predicted molar refractivity (Wildman–Crippen MR) is 122 cm³/mol. The van der Waals surface area contributed by atoms with Gasteiger partial charge in [0.25, 0.3) is 11.8 Å². The lowest BCUT2D eigenvalue weighted by molar-refractivity contribution is 0.0936. The molecular weight excluding hydrogens is 427 g/mol. The molecule has 0 radical (unpaired) electrons. The van der Waals surface area contributed by atoms with E-state index in [0.29, 0.717) is 32.2 Å². The maximum Gasteiger partial charge on any atom is 0.259 e. The Balaban J connectivity index is 1.86. The summed E-state index contributed by atoms with van der Waals surface area (Å²) >= 11 is 0. The maximum atomic E-state index is 14.4. The number of anilines is 1. The van der Waals surface area contributed by atoms with Gasteiger partial charge in [-0.2, -0.15) is 0 Å². The molecular formula is C25H23FN2O3S. The van der Waals surface area contributed by atoms with Crippen LogP contribution in [0.1, 0.15) is 46.5 Å². The molecule has 2 amide bonds. The molecule has 0 saturated carbocycles. The summed E-state index contributed by atoms with van der Waals surface area (Å²) in [6, 6.07) is 17.7. The standard InChI is InChI=1S/C25H23FN2O3S/c1-3-16(2)27-24(29)17-12-13-23-21(14-17)28(15-18-8-4-6-10-20(18)26)25(30)19-9-5-7-11-22(19)32(23)31/h4-14,16H,3,15H2,1-2H3,(H,27,29)/t16-,32+/m0/s1. The Kier molecular flexibility index (Phi) is 6.19. The molecule has 0 aliphatic carbocycles. The fourth-order valence-corrected chi connectivity index (χ4v) is 4.91. The number of benzene rings is 3. The van der Waals surface area contributed by atoms with Gasteiger partial charge in [-0.05, 0) is 49.7 Å². The smallest absolute Gasteiger partial charge is 0.259 e. The number of hydrogen-bond donors (Lipinski definition) is 1. The second-order valence-electron chi connectivity index (χ2n) is 7.71. The lowest BCUT2D eigenvalue weighted by Crippen LogP contribution is -2.33. The highest BCUT2D eigenvalue weighted by Gasteiger charge is 2.32. The molecule has 3 aromatic rings. The van der Waals surface area contributed by atoms with Gasteiger partial charge in [-0.3, -0.25) is 9.59 Å². The van der Waals surface area contributed by atoms with Crippen molar-refractivity contribution in [2.24, 2.45) is 0 Å². The van der Waals surface area contributed by atoms with Gasteiger partial charge < -0.3 is 10.2 Å². The molecule has 5 nitrogen and oxygen atoms in total. The van der Waals surface area contributed by atoms with Gasteiger partial charge in [0.05, 0.1) is 38.4 Å². The molecule has 32 heavy (non-hydrogen) atoms. The Morgan fingerprint density at radius 1 is 1.06 bits per heavy atom. The summed E-state index contributed by atoms with van der Waals surface area (Å²) in [7, 11) is -1.63. The van der Waals surface area contributed by atoms with E-state index in [1.807, 2.05) is 13.8 Å². The Hall–Kier alpha value is -3.32. The Bertz CT molecular complexity index is 1230. The zero-order chi connectivity index (χ0) is 22.8. The third-order valence-electron chi connectivity index (χ3n) is 5.55. The van der Waals surface area contributed by atoms with Gasteiger partial charge in [-0.1, -0.05) is 37.3 Å². The molecule has 164 valence electrons. The molecule has 0 aromatic heterocycles. The van der Waals surface area contributed by atoms with Crippen molar-refractivity contribution in [3.63, 3.8) is 0 Å².